The fourth-order valence-electron chi connectivity index (χ4n) is 3.09. The SMILES string of the molecule is O=C(OC1COC(CO)C(OC(=O)c2cc(O)c(O)c(O)c2)C1O)c1cc(O)c(O)c(O)c1. The second kappa shape index (κ2) is 9.28. The van der Waals surface area contributed by atoms with Crippen LogP contribution in [0.2, 0.25) is 0 Å². The summed E-state index contributed by atoms with van der Waals surface area (Å²) in [6.07, 6.45) is -5.91. The van der Waals surface area contributed by atoms with Crippen molar-refractivity contribution in [2.24, 2.45) is 0 Å². The Hall–Kier alpha value is -3.94. The van der Waals surface area contributed by atoms with Crippen LogP contribution in [0.25, 0.3) is 0 Å². The Bertz CT molecular complexity index is 1020. The van der Waals surface area contributed by atoms with Crippen molar-refractivity contribution in [1.82, 2.24) is 0 Å². The van der Waals surface area contributed by atoms with Gasteiger partial charge in [-0.1, -0.05) is 0 Å². The Balaban J connectivity index is 1.77. The van der Waals surface area contributed by atoms with Gasteiger partial charge in [-0.25, -0.2) is 9.59 Å². The van der Waals surface area contributed by atoms with Crippen molar-refractivity contribution in [2.75, 3.05) is 13.2 Å². The molecule has 1 fully saturated rings. The summed E-state index contributed by atoms with van der Waals surface area (Å²) >= 11 is 0. The van der Waals surface area contributed by atoms with Gasteiger partial charge in [0.15, 0.2) is 46.7 Å². The first-order chi connectivity index (χ1) is 15.5. The van der Waals surface area contributed by atoms with Gasteiger partial charge in [0.2, 0.25) is 0 Å². The smallest absolute Gasteiger partial charge is 0.338 e. The Labute approximate surface area is 184 Å². The van der Waals surface area contributed by atoms with Crippen molar-refractivity contribution in [1.29, 1.82) is 0 Å². The zero-order valence-electron chi connectivity index (χ0n) is 16.7. The minimum absolute atomic E-state index is 0.372. The molecule has 2 aromatic rings. The number of esters is 2. The minimum Gasteiger partial charge on any atom is -0.504 e. The number of phenols is 6. The van der Waals surface area contributed by atoms with Crippen molar-refractivity contribution >= 4 is 11.9 Å². The Morgan fingerprint density at radius 3 is 1.67 bits per heavy atom. The van der Waals surface area contributed by atoms with E-state index in [0.29, 0.717) is 0 Å². The number of ether oxygens (including phenoxy) is 3. The van der Waals surface area contributed by atoms with Gasteiger partial charge in [0.05, 0.1) is 24.3 Å². The highest BCUT2D eigenvalue weighted by atomic mass is 16.6. The number of carbonyl (C=O) groups excluding carboxylic acids is 2. The second-order valence-electron chi connectivity index (χ2n) is 7.08. The molecule has 3 rings (SSSR count). The van der Waals surface area contributed by atoms with E-state index in [-0.39, 0.29) is 5.56 Å². The van der Waals surface area contributed by atoms with Crippen LogP contribution >= 0.6 is 0 Å². The lowest BCUT2D eigenvalue weighted by atomic mass is 9.99. The van der Waals surface area contributed by atoms with Gasteiger partial charge in [0.25, 0.3) is 0 Å². The molecule has 1 heterocycles. The number of aliphatic hydroxyl groups excluding tert-OH is 2. The molecule has 13 heteroatoms. The van der Waals surface area contributed by atoms with Gasteiger partial charge in [-0.15, -0.1) is 0 Å². The van der Waals surface area contributed by atoms with E-state index < -0.39 is 89.6 Å². The predicted molar refractivity (Wildman–Crippen MR) is 104 cm³/mol. The van der Waals surface area contributed by atoms with Crippen LogP contribution in [-0.4, -0.2) is 90.4 Å². The molecule has 0 aliphatic carbocycles. The van der Waals surface area contributed by atoms with Gasteiger partial charge in [0.1, 0.15) is 12.2 Å². The Morgan fingerprint density at radius 2 is 1.24 bits per heavy atom. The lowest BCUT2D eigenvalue weighted by Gasteiger charge is -2.38. The summed E-state index contributed by atoms with van der Waals surface area (Å²) in [6, 6.07) is 3.21. The topological polar surface area (TPSA) is 224 Å². The number of aromatic hydroxyl groups is 6. The predicted octanol–water partition coefficient (Wildman–Crippen LogP) is -0.577. The van der Waals surface area contributed by atoms with Crippen LogP contribution in [0.1, 0.15) is 20.7 Å². The lowest BCUT2D eigenvalue weighted by molar-refractivity contribution is -0.196. The molecule has 0 amide bonds. The molecule has 1 aliphatic rings. The van der Waals surface area contributed by atoms with E-state index in [0.717, 1.165) is 24.3 Å². The number of hydrogen-bond donors (Lipinski definition) is 8. The molecule has 178 valence electrons. The summed E-state index contributed by atoms with van der Waals surface area (Å²) in [6.45, 7) is -1.11. The molecular weight excluding hydrogens is 448 g/mol. The van der Waals surface area contributed by atoms with Crippen LogP contribution in [0.4, 0.5) is 0 Å². The Morgan fingerprint density at radius 1 is 0.818 bits per heavy atom. The summed E-state index contributed by atoms with van der Waals surface area (Å²) in [5, 5.41) is 77.0. The van der Waals surface area contributed by atoms with Crippen molar-refractivity contribution in [3.63, 3.8) is 0 Å². The first-order valence-corrected chi connectivity index (χ1v) is 9.35. The zero-order chi connectivity index (χ0) is 24.4. The van der Waals surface area contributed by atoms with Crippen LogP contribution in [0.3, 0.4) is 0 Å². The fraction of sp³-hybridized carbons (Fsp3) is 0.300. The second-order valence-corrected chi connectivity index (χ2v) is 7.08. The molecule has 8 N–H and O–H groups in total. The number of aliphatic hydroxyl groups is 2. The summed E-state index contributed by atoms with van der Waals surface area (Å²) in [5.74, 6) is -7.23. The third kappa shape index (κ3) is 4.79. The highest BCUT2D eigenvalue weighted by molar-refractivity contribution is 5.92. The molecule has 1 saturated heterocycles. The molecule has 0 saturated carbocycles. The average molecular weight is 468 g/mol. The van der Waals surface area contributed by atoms with E-state index >= 15 is 0 Å². The molecule has 0 bridgehead atoms. The number of rotatable bonds is 5. The molecule has 4 atom stereocenters. The Kier molecular flexibility index (Phi) is 6.67. The summed E-state index contributed by atoms with van der Waals surface area (Å²) < 4.78 is 15.5. The zero-order valence-corrected chi connectivity index (χ0v) is 16.7. The quantitative estimate of drug-likeness (QED) is 0.203. The third-order valence-corrected chi connectivity index (χ3v) is 4.85. The van der Waals surface area contributed by atoms with E-state index in [1.165, 1.54) is 0 Å². The van der Waals surface area contributed by atoms with Gasteiger partial charge in [0, 0.05) is 0 Å². The van der Waals surface area contributed by atoms with Gasteiger partial charge < -0.3 is 55.1 Å². The molecule has 2 aromatic carbocycles. The van der Waals surface area contributed by atoms with E-state index in [4.69, 9.17) is 14.2 Å². The fourth-order valence-corrected chi connectivity index (χ4v) is 3.09. The number of phenolic OH excluding ortho intramolecular Hbond substituents is 6. The van der Waals surface area contributed by atoms with Crippen LogP contribution in [0.15, 0.2) is 24.3 Å². The molecule has 1 aliphatic heterocycles. The van der Waals surface area contributed by atoms with Crippen LogP contribution in [0.5, 0.6) is 34.5 Å². The number of benzene rings is 2. The van der Waals surface area contributed by atoms with Crippen molar-refractivity contribution in [3.8, 4) is 34.5 Å². The maximum Gasteiger partial charge on any atom is 0.338 e. The summed E-state index contributed by atoms with van der Waals surface area (Å²) in [5.41, 5.74) is -0.774. The maximum atomic E-state index is 12.4. The molecule has 13 nitrogen and oxygen atoms in total. The molecule has 0 spiro atoms. The summed E-state index contributed by atoms with van der Waals surface area (Å²) in [4.78, 5) is 24.8. The minimum atomic E-state index is -1.71. The molecule has 0 radical (unpaired) electrons. The maximum absolute atomic E-state index is 12.4. The molecule has 0 aromatic heterocycles. The van der Waals surface area contributed by atoms with Crippen LogP contribution < -0.4 is 0 Å². The lowest BCUT2D eigenvalue weighted by Crippen LogP contribution is -2.57. The highest BCUT2D eigenvalue weighted by Gasteiger charge is 2.44. The molecule has 33 heavy (non-hydrogen) atoms. The van der Waals surface area contributed by atoms with E-state index in [9.17, 15) is 50.4 Å². The third-order valence-electron chi connectivity index (χ3n) is 4.85. The van der Waals surface area contributed by atoms with E-state index in [1.54, 1.807) is 0 Å². The summed E-state index contributed by atoms with van der Waals surface area (Å²) in [7, 11) is 0. The normalized spacial score (nSPS) is 22.5. The first-order valence-electron chi connectivity index (χ1n) is 9.35. The largest absolute Gasteiger partial charge is 0.504 e. The van der Waals surface area contributed by atoms with Gasteiger partial charge in [-0.2, -0.15) is 0 Å². The molecule has 4 unspecified atom stereocenters. The standard InChI is InChI=1S/C20H20O13/c21-5-13-18(33-20(30)8-3-11(24)16(27)12(25)4-8)17(28)14(6-31-13)32-19(29)7-1-9(22)15(26)10(23)2-7/h1-4,13-14,17-18,21-28H,5-6H2. The van der Waals surface area contributed by atoms with Gasteiger partial charge >= 0.3 is 11.9 Å². The monoisotopic (exact) mass is 468 g/mol. The highest BCUT2D eigenvalue weighted by Crippen LogP contribution is 2.37. The van der Waals surface area contributed by atoms with E-state index in [2.05, 4.69) is 0 Å². The van der Waals surface area contributed by atoms with Crippen LogP contribution in [-0.2, 0) is 14.2 Å². The average Bonchev–Trinajstić information content (AvgIpc) is 2.77. The molecular formula is C20H20O13. The number of carbonyl (C=O) groups is 2. The first kappa shape index (κ1) is 23.7. The van der Waals surface area contributed by atoms with Crippen molar-refractivity contribution in [2.45, 2.75) is 24.4 Å². The van der Waals surface area contributed by atoms with E-state index in [1.807, 2.05) is 0 Å². The van der Waals surface area contributed by atoms with Crippen molar-refractivity contribution in [3.05, 3.63) is 35.4 Å². The van der Waals surface area contributed by atoms with Gasteiger partial charge in [-0.3, -0.25) is 0 Å². The van der Waals surface area contributed by atoms with Crippen molar-refractivity contribution < 1.29 is 64.7 Å². The number of hydrogen-bond acceptors (Lipinski definition) is 13. The van der Waals surface area contributed by atoms with Crippen LogP contribution in [0, 0.1) is 0 Å². The van der Waals surface area contributed by atoms with Gasteiger partial charge in [-0.05, 0) is 24.3 Å².